The monoisotopic (exact) mass is 411 g/mol. The average molecular weight is 412 g/mol. The third-order valence-corrected chi connectivity index (χ3v) is 5.42. The molecule has 0 aliphatic carbocycles. The van der Waals surface area contributed by atoms with Gasteiger partial charge in [0.15, 0.2) is 0 Å². The van der Waals surface area contributed by atoms with Gasteiger partial charge in [-0.2, -0.15) is 0 Å². The number of rotatable bonds is 24. The lowest BCUT2D eigenvalue weighted by Gasteiger charge is -2.06. The van der Waals surface area contributed by atoms with Gasteiger partial charge in [0, 0.05) is 12.8 Å². The number of ether oxygens (including phenoxy) is 1. The van der Waals surface area contributed by atoms with Gasteiger partial charge in [-0.25, -0.2) is 0 Å². The van der Waals surface area contributed by atoms with Crippen LogP contribution in [0.3, 0.4) is 0 Å². The second-order valence-electron chi connectivity index (χ2n) is 8.33. The number of esters is 1. The second kappa shape index (κ2) is 25.1. The summed E-state index contributed by atoms with van der Waals surface area (Å²) in [7, 11) is 0. The molecule has 0 spiro atoms. The van der Waals surface area contributed by atoms with Gasteiger partial charge in [0.2, 0.25) is 0 Å². The van der Waals surface area contributed by atoms with Crippen LogP contribution in [0.15, 0.2) is 0 Å². The summed E-state index contributed by atoms with van der Waals surface area (Å²) in [6.07, 6.45) is 23.0. The molecule has 0 fully saturated rings. The molecule has 172 valence electrons. The predicted octanol–water partition coefficient (Wildman–Crippen LogP) is 6.75. The number of hydrogen-bond donors (Lipinski definition) is 1. The fraction of sp³-hybridized carbons (Fsp3) is 0.920. The van der Waals surface area contributed by atoms with Gasteiger partial charge in [-0.3, -0.25) is 4.79 Å². The normalized spacial score (nSPS) is 10.9. The molecule has 4 nitrogen and oxygen atoms in total. The van der Waals surface area contributed by atoms with Crippen LogP contribution in [0.1, 0.15) is 129 Å². The molecule has 4 heteroatoms. The lowest BCUT2D eigenvalue weighted by atomic mass is 10.1. The van der Waals surface area contributed by atoms with Gasteiger partial charge in [-0.1, -0.05) is 84.0 Å². The van der Waals surface area contributed by atoms with Crippen molar-refractivity contribution in [2.75, 3.05) is 19.7 Å². The molecular formula is C25H49NO3. The maximum Gasteiger partial charge on any atom is 0.305 e. The summed E-state index contributed by atoms with van der Waals surface area (Å²) >= 11 is 0. The van der Waals surface area contributed by atoms with Crippen molar-refractivity contribution in [1.29, 1.82) is 0 Å². The average Bonchev–Trinajstić information content (AvgIpc) is 2.72. The summed E-state index contributed by atoms with van der Waals surface area (Å²) < 4.78 is 5.33. The molecule has 0 saturated heterocycles. The van der Waals surface area contributed by atoms with E-state index in [0.29, 0.717) is 19.4 Å². The standard InChI is InChI=1S/C25H49NO3/c1-2-3-4-5-6-7-10-13-19-24-29-25(28)20-15-14-17-22-26-21-16-11-8-9-12-18-23-27/h23,26H,2-22,24H2,1H3. The van der Waals surface area contributed by atoms with Crippen LogP contribution in [0, 0.1) is 0 Å². The predicted molar refractivity (Wildman–Crippen MR) is 123 cm³/mol. The van der Waals surface area contributed by atoms with Gasteiger partial charge in [-0.05, 0) is 45.2 Å². The molecule has 0 aromatic carbocycles. The Labute approximate surface area is 180 Å². The second-order valence-corrected chi connectivity index (χ2v) is 8.33. The van der Waals surface area contributed by atoms with Crippen LogP contribution in [0.2, 0.25) is 0 Å². The van der Waals surface area contributed by atoms with E-state index < -0.39 is 0 Å². The Morgan fingerprint density at radius 3 is 1.83 bits per heavy atom. The van der Waals surface area contributed by atoms with Gasteiger partial charge in [-0.15, -0.1) is 0 Å². The highest BCUT2D eigenvalue weighted by Gasteiger charge is 2.02. The van der Waals surface area contributed by atoms with E-state index in [1.165, 1.54) is 77.0 Å². The summed E-state index contributed by atoms with van der Waals surface area (Å²) in [5, 5.41) is 3.48. The van der Waals surface area contributed by atoms with E-state index >= 15 is 0 Å². The first-order valence-corrected chi connectivity index (χ1v) is 12.6. The van der Waals surface area contributed by atoms with Crippen LogP contribution in [0.25, 0.3) is 0 Å². The summed E-state index contributed by atoms with van der Waals surface area (Å²) in [6, 6.07) is 0. The Morgan fingerprint density at radius 2 is 1.21 bits per heavy atom. The van der Waals surface area contributed by atoms with Crippen LogP contribution in [0.5, 0.6) is 0 Å². The summed E-state index contributed by atoms with van der Waals surface area (Å²) in [5.74, 6) is -0.0212. The van der Waals surface area contributed by atoms with Gasteiger partial charge in [0.25, 0.3) is 0 Å². The largest absolute Gasteiger partial charge is 0.466 e. The van der Waals surface area contributed by atoms with E-state index in [-0.39, 0.29) is 5.97 Å². The quantitative estimate of drug-likeness (QED) is 0.108. The van der Waals surface area contributed by atoms with E-state index in [0.717, 1.165) is 51.5 Å². The van der Waals surface area contributed by atoms with Crippen LogP contribution in [0.4, 0.5) is 0 Å². The smallest absolute Gasteiger partial charge is 0.305 e. The molecule has 0 amide bonds. The number of carbonyl (C=O) groups is 2. The van der Waals surface area contributed by atoms with Crippen LogP contribution >= 0.6 is 0 Å². The Bertz CT molecular complexity index is 347. The molecule has 0 atom stereocenters. The first-order chi connectivity index (χ1) is 14.3. The van der Waals surface area contributed by atoms with Crippen molar-refractivity contribution in [3.63, 3.8) is 0 Å². The van der Waals surface area contributed by atoms with Crippen LogP contribution in [-0.2, 0) is 14.3 Å². The molecular weight excluding hydrogens is 362 g/mol. The first kappa shape index (κ1) is 28.1. The number of hydrogen-bond acceptors (Lipinski definition) is 4. The van der Waals surface area contributed by atoms with Gasteiger partial charge < -0.3 is 14.8 Å². The number of aldehydes is 1. The van der Waals surface area contributed by atoms with Crippen molar-refractivity contribution in [2.45, 2.75) is 129 Å². The highest BCUT2D eigenvalue weighted by molar-refractivity contribution is 5.69. The molecule has 0 unspecified atom stereocenters. The van der Waals surface area contributed by atoms with E-state index in [4.69, 9.17) is 4.74 Å². The molecule has 0 heterocycles. The van der Waals surface area contributed by atoms with Crippen molar-refractivity contribution in [2.24, 2.45) is 0 Å². The number of unbranched alkanes of at least 4 members (excludes halogenated alkanes) is 15. The first-order valence-electron chi connectivity index (χ1n) is 12.6. The van der Waals surface area contributed by atoms with Gasteiger partial charge in [0.05, 0.1) is 6.61 Å². The zero-order chi connectivity index (χ0) is 21.3. The number of nitrogens with one attached hydrogen (secondary N) is 1. The lowest BCUT2D eigenvalue weighted by molar-refractivity contribution is -0.143. The highest BCUT2D eigenvalue weighted by atomic mass is 16.5. The zero-order valence-electron chi connectivity index (χ0n) is 19.4. The summed E-state index contributed by atoms with van der Waals surface area (Å²) in [6.45, 7) is 4.97. The van der Waals surface area contributed by atoms with E-state index in [1.807, 2.05) is 0 Å². The molecule has 0 aromatic heterocycles. The molecule has 1 N–H and O–H groups in total. The third-order valence-electron chi connectivity index (χ3n) is 5.42. The van der Waals surface area contributed by atoms with Gasteiger partial charge in [0.1, 0.15) is 6.29 Å². The van der Waals surface area contributed by atoms with Crippen molar-refractivity contribution < 1.29 is 14.3 Å². The molecule has 0 saturated carbocycles. The van der Waals surface area contributed by atoms with E-state index in [9.17, 15) is 9.59 Å². The molecule has 0 radical (unpaired) electrons. The highest BCUT2D eigenvalue weighted by Crippen LogP contribution is 2.10. The van der Waals surface area contributed by atoms with Crippen LogP contribution in [-0.4, -0.2) is 32.0 Å². The van der Waals surface area contributed by atoms with Crippen molar-refractivity contribution >= 4 is 12.3 Å². The molecule has 0 aromatic rings. The van der Waals surface area contributed by atoms with Crippen molar-refractivity contribution in [3.05, 3.63) is 0 Å². The van der Waals surface area contributed by atoms with E-state index in [2.05, 4.69) is 12.2 Å². The zero-order valence-corrected chi connectivity index (χ0v) is 19.4. The molecule has 0 bridgehead atoms. The van der Waals surface area contributed by atoms with Gasteiger partial charge >= 0.3 is 5.97 Å². The lowest BCUT2D eigenvalue weighted by Crippen LogP contribution is -2.16. The Kier molecular flexibility index (Phi) is 24.4. The minimum atomic E-state index is -0.0212. The third kappa shape index (κ3) is 25.1. The minimum absolute atomic E-state index is 0.0212. The summed E-state index contributed by atoms with van der Waals surface area (Å²) in [4.78, 5) is 21.9. The Morgan fingerprint density at radius 1 is 0.690 bits per heavy atom. The van der Waals surface area contributed by atoms with Crippen LogP contribution < -0.4 is 5.32 Å². The summed E-state index contributed by atoms with van der Waals surface area (Å²) in [5.41, 5.74) is 0. The molecule has 29 heavy (non-hydrogen) atoms. The topological polar surface area (TPSA) is 55.4 Å². The number of carbonyl (C=O) groups excluding carboxylic acids is 2. The van der Waals surface area contributed by atoms with Crippen molar-refractivity contribution in [3.8, 4) is 0 Å². The molecule has 0 aliphatic rings. The fourth-order valence-electron chi connectivity index (χ4n) is 3.50. The SMILES string of the molecule is CCCCCCCCCCCOC(=O)CCCCCNCCCCCCCC=O. The maximum atomic E-state index is 11.7. The fourth-order valence-corrected chi connectivity index (χ4v) is 3.50. The van der Waals surface area contributed by atoms with E-state index in [1.54, 1.807) is 0 Å². The molecule has 0 aliphatic heterocycles. The maximum absolute atomic E-state index is 11.7. The Hall–Kier alpha value is -0.900. The molecule has 0 rings (SSSR count). The van der Waals surface area contributed by atoms with Crippen molar-refractivity contribution in [1.82, 2.24) is 5.32 Å². The Balaban J connectivity index is 3.14. The minimum Gasteiger partial charge on any atom is -0.466 e.